The van der Waals surface area contributed by atoms with Crippen molar-refractivity contribution in [2.24, 2.45) is 0 Å². The maximum Gasteiger partial charge on any atom is 0.330 e. The number of rotatable bonds is 2. The number of anilines is 1. The Morgan fingerprint density at radius 2 is 2.00 bits per heavy atom. The van der Waals surface area contributed by atoms with Gasteiger partial charge in [-0.05, 0) is 0 Å². The van der Waals surface area contributed by atoms with Gasteiger partial charge in [-0.15, -0.1) is 0 Å². The van der Waals surface area contributed by atoms with Crippen LogP contribution in [0, 0.1) is 0 Å². The molecule has 21 heavy (non-hydrogen) atoms. The summed E-state index contributed by atoms with van der Waals surface area (Å²) in [5, 5.41) is 28.7. The summed E-state index contributed by atoms with van der Waals surface area (Å²) in [5.74, 6) is -0.216. The molecule has 0 amide bonds. The number of nitrogen functional groups attached to an aromatic ring is 1. The zero-order valence-corrected chi connectivity index (χ0v) is 10.6. The maximum absolute atomic E-state index is 12.0. The summed E-state index contributed by atoms with van der Waals surface area (Å²) in [4.78, 5) is 32.0. The summed E-state index contributed by atoms with van der Waals surface area (Å²) in [6.45, 7) is -0.540. The van der Waals surface area contributed by atoms with Gasteiger partial charge >= 0.3 is 5.69 Å². The van der Waals surface area contributed by atoms with Crippen LogP contribution in [-0.2, 0) is 4.74 Å². The number of nitrogens with one attached hydrogen (secondary N) is 2. The molecule has 2 aromatic heterocycles. The molecule has 0 spiro atoms. The van der Waals surface area contributed by atoms with Crippen molar-refractivity contribution in [2.75, 3.05) is 12.3 Å². The van der Waals surface area contributed by atoms with Crippen molar-refractivity contribution in [3.8, 4) is 0 Å². The molecule has 3 heterocycles. The van der Waals surface area contributed by atoms with Gasteiger partial charge in [0.1, 0.15) is 18.3 Å². The highest BCUT2D eigenvalue weighted by Gasteiger charge is 2.44. The number of imidazole rings is 1. The van der Waals surface area contributed by atoms with E-state index < -0.39 is 42.4 Å². The third-order valence-electron chi connectivity index (χ3n) is 3.37. The van der Waals surface area contributed by atoms with Gasteiger partial charge in [0, 0.05) is 0 Å². The fourth-order valence-corrected chi connectivity index (χ4v) is 2.36. The second kappa shape index (κ2) is 4.66. The van der Waals surface area contributed by atoms with Crippen molar-refractivity contribution in [3.63, 3.8) is 0 Å². The molecule has 0 aliphatic carbocycles. The number of fused-ring (bicyclic) bond motifs is 1. The molecule has 7 N–H and O–H groups in total. The number of ether oxygens (including phenoxy) is 1. The van der Waals surface area contributed by atoms with Crippen molar-refractivity contribution >= 4 is 17.1 Å². The highest BCUT2D eigenvalue weighted by molar-refractivity contribution is 5.70. The number of nitrogens with two attached hydrogens (primary N) is 1. The van der Waals surface area contributed by atoms with E-state index in [9.17, 15) is 19.8 Å². The van der Waals surface area contributed by atoms with E-state index in [0.29, 0.717) is 0 Å². The number of hydrogen-bond acceptors (Lipinski definition) is 8. The Morgan fingerprint density at radius 1 is 1.29 bits per heavy atom. The van der Waals surface area contributed by atoms with Crippen LogP contribution in [0.4, 0.5) is 5.95 Å². The molecule has 0 radical (unpaired) electrons. The SMILES string of the molecule is Nc1nc2c([nH]c(=O)n2[C@H]2O[C@H](CO)[C@H](O)[C@@H]2O)c(=O)[nH]1. The van der Waals surface area contributed by atoms with Crippen LogP contribution in [0.2, 0.25) is 0 Å². The minimum absolute atomic E-state index is 0.115. The first-order chi connectivity index (χ1) is 9.93. The van der Waals surface area contributed by atoms with Gasteiger partial charge in [0.2, 0.25) is 5.95 Å². The summed E-state index contributed by atoms with van der Waals surface area (Å²) in [7, 11) is 0. The van der Waals surface area contributed by atoms with E-state index in [0.717, 1.165) is 4.57 Å². The van der Waals surface area contributed by atoms with Crippen LogP contribution in [0.1, 0.15) is 6.23 Å². The molecule has 0 aromatic carbocycles. The van der Waals surface area contributed by atoms with E-state index in [4.69, 9.17) is 15.6 Å². The van der Waals surface area contributed by atoms with Gasteiger partial charge in [-0.25, -0.2) is 9.36 Å². The molecule has 0 unspecified atom stereocenters. The Hall–Kier alpha value is -2.21. The van der Waals surface area contributed by atoms with Crippen LogP contribution in [0.3, 0.4) is 0 Å². The molecule has 1 saturated heterocycles. The van der Waals surface area contributed by atoms with E-state index in [2.05, 4.69) is 15.0 Å². The quantitative estimate of drug-likeness (QED) is 0.332. The largest absolute Gasteiger partial charge is 0.394 e. The molecule has 4 atom stereocenters. The zero-order chi connectivity index (χ0) is 15.3. The Bertz CT molecular complexity index is 793. The minimum Gasteiger partial charge on any atom is -0.394 e. The number of aromatic amines is 2. The van der Waals surface area contributed by atoms with Crippen LogP contribution in [-0.4, -0.2) is 59.8 Å². The Kier molecular flexibility index (Phi) is 3.06. The lowest BCUT2D eigenvalue weighted by Crippen LogP contribution is -2.35. The lowest BCUT2D eigenvalue weighted by Gasteiger charge is -2.15. The van der Waals surface area contributed by atoms with Crippen LogP contribution in [0.5, 0.6) is 0 Å². The first kappa shape index (κ1) is 13.8. The maximum atomic E-state index is 12.0. The number of aliphatic hydroxyl groups excluding tert-OH is 3. The van der Waals surface area contributed by atoms with Crippen molar-refractivity contribution in [3.05, 3.63) is 20.8 Å². The molecule has 3 rings (SSSR count). The van der Waals surface area contributed by atoms with Gasteiger partial charge < -0.3 is 25.8 Å². The molecule has 1 aliphatic rings. The van der Waals surface area contributed by atoms with E-state index in [1.807, 2.05) is 0 Å². The molecule has 0 saturated carbocycles. The molecule has 11 nitrogen and oxygen atoms in total. The molecule has 1 fully saturated rings. The van der Waals surface area contributed by atoms with Crippen molar-refractivity contribution in [1.29, 1.82) is 0 Å². The van der Waals surface area contributed by atoms with E-state index >= 15 is 0 Å². The Labute approximate surface area is 115 Å². The average Bonchev–Trinajstić information content (AvgIpc) is 2.89. The van der Waals surface area contributed by atoms with Gasteiger partial charge in [-0.1, -0.05) is 0 Å². The topological polar surface area (TPSA) is 179 Å². The minimum atomic E-state index is -1.47. The van der Waals surface area contributed by atoms with Gasteiger partial charge in [0.05, 0.1) is 6.61 Å². The summed E-state index contributed by atoms with van der Waals surface area (Å²) in [5.41, 5.74) is 3.77. The van der Waals surface area contributed by atoms with E-state index in [1.54, 1.807) is 0 Å². The van der Waals surface area contributed by atoms with Crippen molar-refractivity contribution in [1.82, 2.24) is 19.5 Å². The summed E-state index contributed by atoms with van der Waals surface area (Å²) < 4.78 is 6.13. The molecule has 0 bridgehead atoms. The second-order valence-corrected chi connectivity index (χ2v) is 4.68. The van der Waals surface area contributed by atoms with Crippen LogP contribution in [0.15, 0.2) is 9.59 Å². The van der Waals surface area contributed by atoms with Crippen LogP contribution in [0.25, 0.3) is 11.2 Å². The summed E-state index contributed by atoms with van der Waals surface area (Å²) in [6.07, 6.45) is -5.20. The predicted molar refractivity (Wildman–Crippen MR) is 68.4 cm³/mol. The first-order valence-electron chi connectivity index (χ1n) is 6.06. The van der Waals surface area contributed by atoms with Crippen LogP contribution >= 0.6 is 0 Å². The number of nitrogens with zero attached hydrogens (tertiary/aromatic N) is 2. The molecular weight excluding hydrogens is 286 g/mol. The fourth-order valence-electron chi connectivity index (χ4n) is 2.36. The smallest absolute Gasteiger partial charge is 0.330 e. The standard InChI is InChI=1S/C10H13N5O6/c11-9-13-6-3(7(19)14-9)12-10(20)15(6)8-5(18)4(17)2(1-16)21-8/h2,4-5,8,16-18H,1H2,(H,12,20)(H3,11,13,14,19)/t2-,4+,5+,8+/m1/s1. The molecule has 1 aliphatic heterocycles. The summed E-state index contributed by atoms with van der Waals surface area (Å²) >= 11 is 0. The highest BCUT2D eigenvalue weighted by atomic mass is 16.6. The number of aliphatic hydroxyl groups is 3. The number of hydrogen-bond donors (Lipinski definition) is 6. The highest BCUT2D eigenvalue weighted by Crippen LogP contribution is 2.29. The zero-order valence-electron chi connectivity index (χ0n) is 10.6. The number of aromatic nitrogens is 4. The van der Waals surface area contributed by atoms with Crippen LogP contribution < -0.4 is 17.0 Å². The molecule has 11 heteroatoms. The summed E-state index contributed by atoms with van der Waals surface area (Å²) in [6, 6.07) is 0. The number of H-pyrrole nitrogens is 2. The Balaban J connectivity index is 2.20. The fraction of sp³-hybridized carbons (Fsp3) is 0.500. The predicted octanol–water partition coefficient (Wildman–Crippen LogP) is -3.39. The average molecular weight is 299 g/mol. The van der Waals surface area contributed by atoms with Gasteiger partial charge in [0.25, 0.3) is 5.56 Å². The third kappa shape index (κ3) is 1.94. The van der Waals surface area contributed by atoms with Gasteiger partial charge in [-0.3, -0.25) is 14.8 Å². The monoisotopic (exact) mass is 299 g/mol. The molecular formula is C10H13N5O6. The van der Waals surface area contributed by atoms with Gasteiger partial charge in [-0.2, -0.15) is 4.98 Å². The molecule has 114 valence electrons. The second-order valence-electron chi connectivity index (χ2n) is 4.68. The van der Waals surface area contributed by atoms with Gasteiger partial charge in [0.15, 0.2) is 17.4 Å². The lowest BCUT2D eigenvalue weighted by molar-refractivity contribution is -0.0524. The van der Waals surface area contributed by atoms with E-state index in [1.165, 1.54) is 0 Å². The normalized spacial score (nSPS) is 29.3. The molecule has 2 aromatic rings. The third-order valence-corrected chi connectivity index (χ3v) is 3.37. The first-order valence-corrected chi connectivity index (χ1v) is 6.06. The van der Waals surface area contributed by atoms with Crippen molar-refractivity contribution < 1.29 is 20.1 Å². The lowest BCUT2D eigenvalue weighted by atomic mass is 10.1. The van der Waals surface area contributed by atoms with Crippen molar-refractivity contribution in [2.45, 2.75) is 24.5 Å². The van der Waals surface area contributed by atoms with E-state index in [-0.39, 0.29) is 17.1 Å². The Morgan fingerprint density at radius 3 is 2.62 bits per heavy atom.